The minimum absolute atomic E-state index is 0.192. The highest BCUT2D eigenvalue weighted by atomic mass is 16.5. The molecule has 0 spiro atoms. The standard InChI is InChI=1S/C18H23N3O5/c1-3-11-26-18(25)13-5-7-14(8-6-13)19-15(22)12-21-10-9-20(4-2)16(23)17(21)24/h5-8H,3-4,9-12H2,1-2H3,(H,19,22). The van der Waals surface area contributed by atoms with Crippen molar-refractivity contribution in [3.05, 3.63) is 29.8 Å². The number of esters is 1. The lowest BCUT2D eigenvalue weighted by Crippen LogP contribution is -2.55. The summed E-state index contributed by atoms with van der Waals surface area (Å²) in [4.78, 5) is 50.4. The van der Waals surface area contributed by atoms with Gasteiger partial charge in [0.1, 0.15) is 6.54 Å². The van der Waals surface area contributed by atoms with Gasteiger partial charge >= 0.3 is 17.8 Å². The number of carbonyl (C=O) groups is 4. The molecule has 3 amide bonds. The molecule has 2 rings (SSSR count). The van der Waals surface area contributed by atoms with Crippen LogP contribution < -0.4 is 5.32 Å². The normalized spacial score (nSPS) is 14.4. The molecule has 0 radical (unpaired) electrons. The molecular weight excluding hydrogens is 338 g/mol. The van der Waals surface area contributed by atoms with Gasteiger partial charge in [0.25, 0.3) is 0 Å². The molecule has 1 fully saturated rings. The molecule has 0 unspecified atom stereocenters. The van der Waals surface area contributed by atoms with Crippen molar-refractivity contribution in [2.45, 2.75) is 20.3 Å². The molecule has 1 aliphatic heterocycles. The Morgan fingerprint density at radius 2 is 1.65 bits per heavy atom. The average Bonchev–Trinajstić information content (AvgIpc) is 2.64. The number of amides is 3. The van der Waals surface area contributed by atoms with Crippen LogP contribution in [-0.4, -0.2) is 66.3 Å². The van der Waals surface area contributed by atoms with E-state index in [1.165, 1.54) is 9.80 Å². The van der Waals surface area contributed by atoms with Crippen molar-refractivity contribution in [2.24, 2.45) is 0 Å². The van der Waals surface area contributed by atoms with Crippen molar-refractivity contribution in [3.8, 4) is 0 Å². The lowest BCUT2D eigenvalue weighted by Gasteiger charge is -2.32. The van der Waals surface area contributed by atoms with E-state index in [-0.39, 0.29) is 6.54 Å². The van der Waals surface area contributed by atoms with Crippen molar-refractivity contribution in [1.29, 1.82) is 0 Å². The van der Waals surface area contributed by atoms with Gasteiger partial charge in [0.05, 0.1) is 12.2 Å². The second kappa shape index (κ2) is 8.98. The van der Waals surface area contributed by atoms with Crippen LogP contribution in [-0.2, 0) is 19.1 Å². The SMILES string of the molecule is CCCOC(=O)c1ccc(NC(=O)CN2CCN(CC)C(=O)C2=O)cc1. The molecule has 1 aromatic carbocycles. The Morgan fingerprint density at radius 3 is 2.27 bits per heavy atom. The monoisotopic (exact) mass is 361 g/mol. The summed E-state index contributed by atoms with van der Waals surface area (Å²) in [5.41, 5.74) is 0.890. The van der Waals surface area contributed by atoms with Crippen LogP contribution in [0.4, 0.5) is 5.69 Å². The van der Waals surface area contributed by atoms with Gasteiger partial charge in [-0.15, -0.1) is 0 Å². The third-order valence-corrected chi connectivity index (χ3v) is 3.96. The fourth-order valence-electron chi connectivity index (χ4n) is 2.51. The number of hydrogen-bond donors (Lipinski definition) is 1. The molecular formula is C18H23N3O5. The molecule has 1 saturated heterocycles. The van der Waals surface area contributed by atoms with Crippen LogP contribution >= 0.6 is 0 Å². The van der Waals surface area contributed by atoms with Crippen molar-refractivity contribution in [3.63, 3.8) is 0 Å². The Kier molecular flexibility index (Phi) is 6.71. The summed E-state index contributed by atoms with van der Waals surface area (Å²) in [6.07, 6.45) is 0.744. The minimum atomic E-state index is -0.665. The van der Waals surface area contributed by atoms with Crippen LogP contribution in [0.2, 0.25) is 0 Å². The molecule has 1 aromatic rings. The van der Waals surface area contributed by atoms with Crippen LogP contribution in [0.5, 0.6) is 0 Å². The van der Waals surface area contributed by atoms with Gasteiger partial charge < -0.3 is 19.9 Å². The number of carbonyl (C=O) groups excluding carboxylic acids is 4. The van der Waals surface area contributed by atoms with Crippen LogP contribution in [0.25, 0.3) is 0 Å². The molecule has 0 aliphatic carbocycles. The summed E-state index contributed by atoms with van der Waals surface area (Å²) in [5, 5.41) is 2.65. The zero-order chi connectivity index (χ0) is 19.1. The largest absolute Gasteiger partial charge is 0.462 e. The fourth-order valence-corrected chi connectivity index (χ4v) is 2.51. The van der Waals surface area contributed by atoms with Crippen molar-refractivity contribution in [2.75, 3.05) is 38.1 Å². The van der Waals surface area contributed by atoms with Crippen LogP contribution in [0.15, 0.2) is 24.3 Å². The van der Waals surface area contributed by atoms with E-state index >= 15 is 0 Å². The molecule has 0 bridgehead atoms. The zero-order valence-corrected chi connectivity index (χ0v) is 15.0. The number of benzene rings is 1. The Hall–Kier alpha value is -2.90. The lowest BCUT2D eigenvalue weighted by atomic mass is 10.2. The molecule has 0 atom stereocenters. The van der Waals surface area contributed by atoms with Crippen molar-refractivity contribution in [1.82, 2.24) is 9.80 Å². The first-order chi connectivity index (χ1) is 12.5. The number of anilines is 1. The summed E-state index contributed by atoms with van der Waals surface area (Å²) in [5.74, 6) is -2.07. The zero-order valence-electron chi connectivity index (χ0n) is 15.0. The van der Waals surface area contributed by atoms with E-state index in [2.05, 4.69) is 5.32 Å². The molecule has 140 valence electrons. The summed E-state index contributed by atoms with van der Waals surface area (Å²) in [6.45, 7) is 5.09. The predicted octanol–water partition coefficient (Wildman–Crippen LogP) is 0.883. The van der Waals surface area contributed by atoms with Crippen LogP contribution in [0, 0.1) is 0 Å². The van der Waals surface area contributed by atoms with Crippen LogP contribution in [0.3, 0.4) is 0 Å². The summed E-state index contributed by atoms with van der Waals surface area (Å²) < 4.78 is 5.03. The third kappa shape index (κ3) is 4.81. The first kappa shape index (κ1) is 19.4. The predicted molar refractivity (Wildman–Crippen MR) is 94.5 cm³/mol. The minimum Gasteiger partial charge on any atom is -0.462 e. The fraction of sp³-hybridized carbons (Fsp3) is 0.444. The van der Waals surface area contributed by atoms with Gasteiger partial charge in [-0.2, -0.15) is 0 Å². The molecule has 8 heteroatoms. The van der Waals surface area contributed by atoms with Gasteiger partial charge in [0.15, 0.2) is 0 Å². The number of nitrogens with one attached hydrogen (secondary N) is 1. The first-order valence-corrected chi connectivity index (χ1v) is 8.61. The Bertz CT molecular complexity index is 687. The molecule has 26 heavy (non-hydrogen) atoms. The number of nitrogens with zero attached hydrogens (tertiary/aromatic N) is 2. The number of likely N-dealkylation sites (N-methyl/N-ethyl adjacent to an activating group) is 1. The highest BCUT2D eigenvalue weighted by Gasteiger charge is 2.32. The number of piperazine rings is 1. The number of rotatable bonds is 7. The second-order valence-corrected chi connectivity index (χ2v) is 5.87. The van der Waals surface area contributed by atoms with E-state index in [1.807, 2.05) is 6.92 Å². The maximum atomic E-state index is 12.1. The molecule has 0 aromatic heterocycles. The molecule has 1 aliphatic rings. The summed E-state index contributed by atoms with van der Waals surface area (Å²) >= 11 is 0. The lowest BCUT2D eigenvalue weighted by molar-refractivity contribution is -0.156. The topological polar surface area (TPSA) is 96.0 Å². The van der Waals surface area contributed by atoms with Gasteiger partial charge in [-0.3, -0.25) is 14.4 Å². The van der Waals surface area contributed by atoms with Crippen molar-refractivity contribution >= 4 is 29.4 Å². The summed E-state index contributed by atoms with van der Waals surface area (Å²) in [6, 6.07) is 6.29. The maximum absolute atomic E-state index is 12.1. The average molecular weight is 361 g/mol. The third-order valence-electron chi connectivity index (χ3n) is 3.96. The van der Waals surface area contributed by atoms with Gasteiger partial charge in [-0.1, -0.05) is 6.92 Å². The molecule has 1 heterocycles. The molecule has 8 nitrogen and oxygen atoms in total. The number of hydrogen-bond acceptors (Lipinski definition) is 5. The number of ether oxygens (including phenoxy) is 1. The van der Waals surface area contributed by atoms with E-state index < -0.39 is 23.7 Å². The highest BCUT2D eigenvalue weighted by Crippen LogP contribution is 2.11. The second-order valence-electron chi connectivity index (χ2n) is 5.87. The van der Waals surface area contributed by atoms with Gasteiger partial charge in [0, 0.05) is 25.3 Å². The Morgan fingerprint density at radius 1 is 1.04 bits per heavy atom. The van der Waals surface area contributed by atoms with E-state index in [0.29, 0.717) is 37.5 Å². The van der Waals surface area contributed by atoms with E-state index in [9.17, 15) is 19.2 Å². The van der Waals surface area contributed by atoms with Gasteiger partial charge in [-0.05, 0) is 37.6 Å². The van der Waals surface area contributed by atoms with Gasteiger partial charge in [0.2, 0.25) is 5.91 Å². The van der Waals surface area contributed by atoms with Gasteiger partial charge in [-0.25, -0.2) is 4.79 Å². The molecule has 1 N–H and O–H groups in total. The first-order valence-electron chi connectivity index (χ1n) is 8.61. The molecule has 0 saturated carbocycles. The smallest absolute Gasteiger partial charge is 0.338 e. The van der Waals surface area contributed by atoms with E-state index in [1.54, 1.807) is 31.2 Å². The van der Waals surface area contributed by atoms with E-state index in [0.717, 1.165) is 6.42 Å². The van der Waals surface area contributed by atoms with Crippen molar-refractivity contribution < 1.29 is 23.9 Å². The Balaban J connectivity index is 1.89. The quantitative estimate of drug-likeness (QED) is 0.575. The van der Waals surface area contributed by atoms with E-state index in [4.69, 9.17) is 4.74 Å². The maximum Gasteiger partial charge on any atom is 0.338 e. The van der Waals surface area contributed by atoms with Crippen LogP contribution in [0.1, 0.15) is 30.6 Å². The summed E-state index contributed by atoms with van der Waals surface area (Å²) in [7, 11) is 0. The Labute approximate surface area is 152 Å². The highest BCUT2D eigenvalue weighted by molar-refractivity contribution is 6.35.